The van der Waals surface area contributed by atoms with Crippen molar-refractivity contribution in [1.82, 2.24) is 9.88 Å². The van der Waals surface area contributed by atoms with E-state index in [1.54, 1.807) is 0 Å². The number of nitrogens with one attached hydrogen (secondary N) is 1. The number of ether oxygens (including phenoxy) is 2. The number of halogens is 3. The van der Waals surface area contributed by atoms with E-state index in [0.29, 0.717) is 26.2 Å². The zero-order valence-electron chi connectivity index (χ0n) is 12.8. The largest absolute Gasteiger partial charge is 0.481 e. The van der Waals surface area contributed by atoms with Gasteiger partial charge in [-0.15, -0.1) is 0 Å². The number of pyridine rings is 1. The number of hydrogen-bond donors (Lipinski definition) is 1. The summed E-state index contributed by atoms with van der Waals surface area (Å²) in [5.74, 6) is -0.174. The van der Waals surface area contributed by atoms with Crippen LogP contribution in [0, 0.1) is 0 Å². The number of alkyl halides is 3. The molecule has 1 aromatic rings. The standard InChI is InChI=1S/C14H18F3N3O3/c1-9-5-7-23-8-6-20(9)13(21)18-10-3-4-11(22-2)19-12(10)14(15,16)17/h3-4,9H,5-8H2,1-2H3,(H,18,21). The van der Waals surface area contributed by atoms with Gasteiger partial charge in [-0.2, -0.15) is 13.2 Å². The average molecular weight is 333 g/mol. The summed E-state index contributed by atoms with van der Waals surface area (Å²) in [6.45, 7) is 3.01. The number of hydrogen-bond acceptors (Lipinski definition) is 4. The van der Waals surface area contributed by atoms with E-state index in [2.05, 4.69) is 10.3 Å². The number of carbonyl (C=O) groups is 1. The van der Waals surface area contributed by atoms with Crippen molar-refractivity contribution in [1.29, 1.82) is 0 Å². The predicted molar refractivity (Wildman–Crippen MR) is 76.4 cm³/mol. The smallest absolute Gasteiger partial charge is 0.435 e. The summed E-state index contributed by atoms with van der Waals surface area (Å²) in [6, 6.07) is 1.66. The number of carbonyl (C=O) groups excluding carboxylic acids is 1. The van der Waals surface area contributed by atoms with Crippen LogP contribution in [0.15, 0.2) is 12.1 Å². The molecule has 1 fully saturated rings. The minimum Gasteiger partial charge on any atom is -0.481 e. The van der Waals surface area contributed by atoms with Crippen molar-refractivity contribution in [3.8, 4) is 5.88 Å². The molecule has 1 aliphatic heterocycles. The van der Waals surface area contributed by atoms with Gasteiger partial charge in [-0.05, 0) is 19.4 Å². The number of aromatic nitrogens is 1. The molecule has 0 bridgehead atoms. The van der Waals surface area contributed by atoms with Crippen LogP contribution >= 0.6 is 0 Å². The summed E-state index contributed by atoms with van der Waals surface area (Å²) in [4.78, 5) is 17.1. The number of urea groups is 1. The molecule has 23 heavy (non-hydrogen) atoms. The zero-order chi connectivity index (χ0) is 17.0. The van der Waals surface area contributed by atoms with E-state index < -0.39 is 23.6 Å². The van der Waals surface area contributed by atoms with Gasteiger partial charge in [-0.1, -0.05) is 0 Å². The minimum absolute atomic E-state index is 0.127. The number of rotatable bonds is 2. The van der Waals surface area contributed by atoms with E-state index in [0.717, 1.165) is 6.07 Å². The quantitative estimate of drug-likeness (QED) is 0.904. The first-order valence-electron chi connectivity index (χ1n) is 7.10. The molecule has 1 atom stereocenters. The number of nitrogens with zero attached hydrogens (tertiary/aromatic N) is 2. The summed E-state index contributed by atoms with van der Waals surface area (Å²) in [5, 5.41) is 2.29. The fourth-order valence-electron chi connectivity index (χ4n) is 2.26. The summed E-state index contributed by atoms with van der Waals surface area (Å²) < 4.78 is 49.3. The van der Waals surface area contributed by atoms with Crippen molar-refractivity contribution in [2.75, 3.05) is 32.2 Å². The van der Waals surface area contributed by atoms with Crippen LogP contribution in [0.1, 0.15) is 19.0 Å². The van der Waals surface area contributed by atoms with Crippen LogP contribution in [0.25, 0.3) is 0 Å². The van der Waals surface area contributed by atoms with Gasteiger partial charge >= 0.3 is 12.2 Å². The molecule has 2 rings (SSSR count). The third kappa shape index (κ3) is 4.25. The average Bonchev–Trinajstić information content (AvgIpc) is 2.71. The summed E-state index contributed by atoms with van der Waals surface area (Å²) in [6.07, 6.45) is -4.08. The Balaban J connectivity index is 2.23. The zero-order valence-corrected chi connectivity index (χ0v) is 12.8. The SMILES string of the molecule is COc1ccc(NC(=O)N2CCOCCC2C)c(C(F)(F)F)n1. The van der Waals surface area contributed by atoms with Crippen LogP contribution < -0.4 is 10.1 Å². The minimum atomic E-state index is -4.70. The number of anilines is 1. The van der Waals surface area contributed by atoms with E-state index in [1.165, 1.54) is 18.1 Å². The maximum absolute atomic E-state index is 13.1. The Bertz CT molecular complexity index is 566. The van der Waals surface area contributed by atoms with Gasteiger partial charge in [-0.25, -0.2) is 9.78 Å². The first kappa shape index (κ1) is 17.3. The summed E-state index contributed by atoms with van der Waals surface area (Å²) >= 11 is 0. The van der Waals surface area contributed by atoms with Crippen molar-refractivity contribution in [3.05, 3.63) is 17.8 Å². The first-order chi connectivity index (χ1) is 10.8. The van der Waals surface area contributed by atoms with Crippen LogP contribution in [-0.2, 0) is 10.9 Å². The molecular formula is C14H18F3N3O3. The Morgan fingerprint density at radius 1 is 1.43 bits per heavy atom. The highest BCUT2D eigenvalue weighted by molar-refractivity contribution is 5.90. The maximum atomic E-state index is 13.1. The topological polar surface area (TPSA) is 63.7 Å². The highest BCUT2D eigenvalue weighted by atomic mass is 19.4. The molecule has 2 amide bonds. The lowest BCUT2D eigenvalue weighted by atomic mass is 10.2. The van der Waals surface area contributed by atoms with Crippen LogP contribution in [-0.4, -0.2) is 48.8 Å². The fraction of sp³-hybridized carbons (Fsp3) is 0.571. The van der Waals surface area contributed by atoms with Gasteiger partial charge in [0, 0.05) is 25.3 Å². The number of amides is 2. The van der Waals surface area contributed by atoms with Gasteiger partial charge in [0.1, 0.15) is 0 Å². The van der Waals surface area contributed by atoms with Crippen LogP contribution in [0.3, 0.4) is 0 Å². The summed E-state index contributed by atoms with van der Waals surface area (Å²) in [5.41, 5.74) is -1.59. The first-order valence-corrected chi connectivity index (χ1v) is 7.10. The molecule has 0 aromatic carbocycles. The van der Waals surface area contributed by atoms with Crippen molar-refractivity contribution in [2.45, 2.75) is 25.6 Å². The molecule has 6 nitrogen and oxygen atoms in total. The molecule has 0 spiro atoms. The van der Waals surface area contributed by atoms with E-state index in [9.17, 15) is 18.0 Å². The predicted octanol–water partition coefficient (Wildman–Crippen LogP) is 2.75. The van der Waals surface area contributed by atoms with Gasteiger partial charge in [0.25, 0.3) is 0 Å². The Labute approximate surface area is 131 Å². The van der Waals surface area contributed by atoms with Crippen LogP contribution in [0.2, 0.25) is 0 Å². The van der Waals surface area contributed by atoms with Gasteiger partial charge in [0.2, 0.25) is 5.88 Å². The van der Waals surface area contributed by atoms with E-state index in [1.807, 2.05) is 6.92 Å². The molecule has 9 heteroatoms. The molecule has 128 valence electrons. The maximum Gasteiger partial charge on any atom is 0.435 e. The molecule has 0 aliphatic carbocycles. The Kier molecular flexibility index (Phi) is 5.30. The molecule has 0 saturated carbocycles. The lowest BCUT2D eigenvalue weighted by Crippen LogP contribution is -2.42. The van der Waals surface area contributed by atoms with Gasteiger partial charge in [0.15, 0.2) is 5.69 Å². The second kappa shape index (κ2) is 7.03. The van der Waals surface area contributed by atoms with Crippen LogP contribution in [0.5, 0.6) is 5.88 Å². The highest BCUT2D eigenvalue weighted by Crippen LogP contribution is 2.34. The molecule has 1 N–H and O–H groups in total. The fourth-order valence-corrected chi connectivity index (χ4v) is 2.26. The highest BCUT2D eigenvalue weighted by Gasteiger charge is 2.37. The van der Waals surface area contributed by atoms with Crippen molar-refractivity contribution in [3.63, 3.8) is 0 Å². The normalized spacial score (nSPS) is 19.2. The Hall–Kier alpha value is -2.03. The third-order valence-corrected chi connectivity index (χ3v) is 3.54. The molecule has 2 heterocycles. The van der Waals surface area contributed by atoms with Crippen molar-refractivity contribution in [2.24, 2.45) is 0 Å². The molecule has 1 unspecified atom stereocenters. The Morgan fingerprint density at radius 3 is 2.83 bits per heavy atom. The summed E-state index contributed by atoms with van der Waals surface area (Å²) in [7, 11) is 1.22. The number of methoxy groups -OCH3 is 1. The molecule has 1 saturated heterocycles. The monoisotopic (exact) mass is 333 g/mol. The van der Waals surface area contributed by atoms with Gasteiger partial charge in [-0.3, -0.25) is 0 Å². The van der Waals surface area contributed by atoms with Gasteiger partial charge in [0.05, 0.1) is 19.4 Å². The molecular weight excluding hydrogens is 315 g/mol. The lowest BCUT2D eigenvalue weighted by molar-refractivity contribution is -0.140. The molecule has 1 aliphatic rings. The van der Waals surface area contributed by atoms with E-state index >= 15 is 0 Å². The second-order valence-electron chi connectivity index (χ2n) is 5.12. The molecule has 0 radical (unpaired) electrons. The lowest BCUT2D eigenvalue weighted by Gasteiger charge is -2.27. The van der Waals surface area contributed by atoms with E-state index in [-0.39, 0.29) is 11.9 Å². The van der Waals surface area contributed by atoms with Crippen LogP contribution in [0.4, 0.5) is 23.7 Å². The van der Waals surface area contributed by atoms with Gasteiger partial charge < -0.3 is 19.7 Å². The molecule has 1 aromatic heterocycles. The second-order valence-corrected chi connectivity index (χ2v) is 5.12. The van der Waals surface area contributed by atoms with Crippen molar-refractivity contribution >= 4 is 11.7 Å². The Morgan fingerprint density at radius 2 is 2.17 bits per heavy atom. The third-order valence-electron chi connectivity index (χ3n) is 3.54. The van der Waals surface area contributed by atoms with E-state index in [4.69, 9.17) is 9.47 Å². The van der Waals surface area contributed by atoms with Crippen molar-refractivity contribution < 1.29 is 27.4 Å².